The summed E-state index contributed by atoms with van der Waals surface area (Å²) in [5.74, 6) is 0.913. The Morgan fingerprint density at radius 3 is 2.23 bits per heavy atom. The number of phenolic OH excluding ortho intramolecular Hbond substituents is 1. The van der Waals surface area contributed by atoms with Crippen LogP contribution in [0.15, 0.2) is 42.5 Å². The van der Waals surface area contributed by atoms with E-state index in [1.165, 1.54) is 5.56 Å². The van der Waals surface area contributed by atoms with Crippen LogP contribution in [0.1, 0.15) is 43.4 Å². The van der Waals surface area contributed by atoms with E-state index in [1.54, 1.807) is 24.0 Å². The molecule has 1 aliphatic rings. The molecule has 160 valence electrons. The van der Waals surface area contributed by atoms with E-state index in [-0.39, 0.29) is 23.3 Å². The van der Waals surface area contributed by atoms with Gasteiger partial charge < -0.3 is 10.0 Å². The molecule has 0 spiro atoms. The zero-order valence-electron chi connectivity index (χ0n) is 18.4. The molecule has 0 saturated carbocycles. The number of likely N-dealkylation sites (N-methyl/N-ethyl adjacent to an activating group) is 1. The second-order valence-corrected chi connectivity index (χ2v) is 8.44. The molecule has 1 aliphatic heterocycles. The maximum atomic E-state index is 10.1. The van der Waals surface area contributed by atoms with Gasteiger partial charge in [-0.25, -0.2) is 0 Å². The maximum Gasteiger partial charge on any atom is 0.138 e. The average molecular weight is 408 g/mol. The molecule has 0 amide bonds. The molecule has 3 rings (SSSR count). The lowest BCUT2D eigenvalue weighted by molar-refractivity contribution is 0.148. The van der Waals surface area contributed by atoms with Gasteiger partial charge in [-0.05, 0) is 61.3 Å². The smallest absolute Gasteiger partial charge is 0.138 e. The fraction of sp³-hybridized carbons (Fsp3) is 0.417. The van der Waals surface area contributed by atoms with Crippen LogP contribution in [0.4, 0.5) is 5.69 Å². The zero-order valence-corrected chi connectivity index (χ0v) is 18.4. The van der Waals surface area contributed by atoms with Crippen LogP contribution in [0.25, 0.3) is 0 Å². The number of anilines is 1. The first kappa shape index (κ1) is 22.0. The van der Waals surface area contributed by atoms with Crippen molar-refractivity contribution >= 4 is 17.4 Å². The number of hydrogen-bond donors (Lipinski definition) is 3. The summed E-state index contributed by atoms with van der Waals surface area (Å²) < 4.78 is 0. The van der Waals surface area contributed by atoms with Crippen molar-refractivity contribution in [1.82, 2.24) is 9.80 Å². The molecule has 6 heteroatoms. The molecule has 1 heterocycles. The van der Waals surface area contributed by atoms with E-state index in [0.29, 0.717) is 5.56 Å². The fourth-order valence-electron chi connectivity index (χ4n) is 3.80. The van der Waals surface area contributed by atoms with Gasteiger partial charge in [0.2, 0.25) is 0 Å². The van der Waals surface area contributed by atoms with Crippen molar-refractivity contribution in [3.8, 4) is 5.75 Å². The number of amidine groups is 2. The average Bonchev–Trinajstić information content (AvgIpc) is 2.71. The molecule has 2 aromatic carbocycles. The van der Waals surface area contributed by atoms with E-state index in [4.69, 9.17) is 10.8 Å². The molecule has 0 atom stereocenters. The monoisotopic (exact) mass is 407 g/mol. The van der Waals surface area contributed by atoms with Crippen LogP contribution in [0.2, 0.25) is 0 Å². The van der Waals surface area contributed by atoms with E-state index in [2.05, 4.69) is 29.0 Å². The lowest BCUT2D eigenvalue weighted by Crippen LogP contribution is -2.43. The van der Waals surface area contributed by atoms with Gasteiger partial charge >= 0.3 is 0 Å². The Morgan fingerprint density at radius 2 is 1.67 bits per heavy atom. The van der Waals surface area contributed by atoms with Gasteiger partial charge in [-0.2, -0.15) is 0 Å². The first-order valence-electron chi connectivity index (χ1n) is 10.5. The van der Waals surface area contributed by atoms with E-state index < -0.39 is 0 Å². The van der Waals surface area contributed by atoms with Crippen molar-refractivity contribution in [2.24, 2.45) is 0 Å². The summed E-state index contributed by atoms with van der Waals surface area (Å²) in [7, 11) is 2.16. The molecule has 0 bridgehead atoms. The summed E-state index contributed by atoms with van der Waals surface area (Å²) in [5, 5.41) is 27.1. The molecule has 0 aliphatic carbocycles. The quantitative estimate of drug-likeness (QED) is 0.515. The topological polar surface area (TPSA) is 77.6 Å². The van der Waals surface area contributed by atoms with Crippen LogP contribution >= 0.6 is 0 Å². The Balaban J connectivity index is 1.78. The van der Waals surface area contributed by atoms with Gasteiger partial charge in [0.05, 0.1) is 0 Å². The van der Waals surface area contributed by atoms with Crippen LogP contribution in [0.3, 0.4) is 0 Å². The number of nitrogens with zero attached hydrogens (tertiary/aromatic N) is 3. The predicted octanol–water partition coefficient (Wildman–Crippen LogP) is 4.09. The van der Waals surface area contributed by atoms with Gasteiger partial charge in [-0.15, -0.1) is 0 Å². The molecular formula is C24H33N5O. The Labute approximate surface area is 179 Å². The largest absolute Gasteiger partial charge is 0.508 e. The van der Waals surface area contributed by atoms with E-state index in [9.17, 15) is 5.11 Å². The second-order valence-electron chi connectivity index (χ2n) is 8.44. The number of rotatable bonds is 5. The third-order valence-corrected chi connectivity index (χ3v) is 5.68. The molecular weight excluding hydrogens is 374 g/mol. The fourth-order valence-corrected chi connectivity index (χ4v) is 3.80. The van der Waals surface area contributed by atoms with Crippen LogP contribution in [0.5, 0.6) is 5.75 Å². The third-order valence-electron chi connectivity index (χ3n) is 5.68. The van der Waals surface area contributed by atoms with Crippen molar-refractivity contribution in [2.45, 2.75) is 33.2 Å². The molecule has 6 nitrogen and oxygen atoms in total. The third kappa shape index (κ3) is 5.07. The first-order chi connectivity index (χ1) is 14.3. The highest BCUT2D eigenvalue weighted by Gasteiger charge is 2.19. The van der Waals surface area contributed by atoms with Crippen molar-refractivity contribution in [1.29, 1.82) is 10.8 Å². The number of hydrogen-bond acceptors (Lipinski definition) is 5. The Morgan fingerprint density at radius 1 is 1.03 bits per heavy atom. The standard InChI is InChI=1S/C24H33N5O/c1-17(2)22-15-20(7-10-23(22)30)24(26)29(18(3)25)21-8-5-19(6-9-21)16-28-13-11-27(4)12-14-28/h5-10,15,17,25-26,30H,11-14,16H2,1-4H3. The molecule has 0 unspecified atom stereocenters. The SMILES string of the molecule is CC(=N)N(C(=N)c1ccc(O)c(C(C)C)c1)c1ccc(CN2CCN(C)CC2)cc1. The summed E-state index contributed by atoms with van der Waals surface area (Å²) in [4.78, 5) is 6.45. The summed E-state index contributed by atoms with van der Waals surface area (Å²) in [5.41, 5.74) is 3.53. The normalized spacial score (nSPS) is 15.4. The molecule has 30 heavy (non-hydrogen) atoms. The number of phenols is 1. The van der Waals surface area contributed by atoms with Crippen LogP contribution in [-0.4, -0.2) is 59.8 Å². The molecule has 1 saturated heterocycles. The van der Waals surface area contributed by atoms with Gasteiger partial charge in [-0.3, -0.25) is 20.6 Å². The summed E-state index contributed by atoms with van der Waals surface area (Å²) in [6, 6.07) is 13.4. The Kier molecular flexibility index (Phi) is 6.90. The van der Waals surface area contributed by atoms with Gasteiger partial charge in [-0.1, -0.05) is 26.0 Å². The van der Waals surface area contributed by atoms with Crippen molar-refractivity contribution in [2.75, 3.05) is 38.1 Å². The summed E-state index contributed by atoms with van der Waals surface area (Å²) in [6.45, 7) is 11.0. The Hall–Kier alpha value is -2.70. The lowest BCUT2D eigenvalue weighted by atomic mass is 9.99. The molecule has 2 aromatic rings. The van der Waals surface area contributed by atoms with Crippen LogP contribution in [0, 0.1) is 10.8 Å². The van der Waals surface area contributed by atoms with Crippen molar-refractivity contribution < 1.29 is 5.11 Å². The van der Waals surface area contributed by atoms with Crippen LogP contribution < -0.4 is 4.90 Å². The Bertz CT molecular complexity index is 898. The summed E-state index contributed by atoms with van der Waals surface area (Å²) in [6.07, 6.45) is 0. The molecule has 0 radical (unpaired) electrons. The molecule has 3 N–H and O–H groups in total. The summed E-state index contributed by atoms with van der Waals surface area (Å²) >= 11 is 0. The van der Waals surface area contributed by atoms with Crippen LogP contribution in [-0.2, 0) is 6.54 Å². The lowest BCUT2D eigenvalue weighted by Gasteiger charge is -2.32. The van der Waals surface area contributed by atoms with E-state index in [1.807, 2.05) is 32.0 Å². The van der Waals surface area contributed by atoms with Gasteiger partial charge in [0.15, 0.2) is 0 Å². The van der Waals surface area contributed by atoms with E-state index in [0.717, 1.165) is 44.0 Å². The highest BCUT2D eigenvalue weighted by atomic mass is 16.3. The minimum Gasteiger partial charge on any atom is -0.508 e. The van der Waals surface area contributed by atoms with Gasteiger partial charge in [0.1, 0.15) is 17.4 Å². The zero-order chi connectivity index (χ0) is 21.8. The number of aromatic hydroxyl groups is 1. The number of benzene rings is 2. The minimum absolute atomic E-state index is 0.154. The van der Waals surface area contributed by atoms with Gasteiger partial charge in [0.25, 0.3) is 0 Å². The molecule has 1 fully saturated rings. The second kappa shape index (κ2) is 9.41. The maximum absolute atomic E-state index is 10.1. The van der Waals surface area contributed by atoms with Crippen molar-refractivity contribution in [3.05, 3.63) is 59.2 Å². The molecule has 0 aromatic heterocycles. The highest BCUT2D eigenvalue weighted by molar-refractivity contribution is 6.22. The van der Waals surface area contributed by atoms with E-state index >= 15 is 0 Å². The van der Waals surface area contributed by atoms with Crippen molar-refractivity contribution in [3.63, 3.8) is 0 Å². The first-order valence-corrected chi connectivity index (χ1v) is 10.5. The number of piperazine rings is 1. The highest BCUT2D eigenvalue weighted by Crippen LogP contribution is 2.28. The minimum atomic E-state index is 0.154. The number of nitrogens with one attached hydrogen (secondary N) is 2. The predicted molar refractivity (Wildman–Crippen MR) is 124 cm³/mol. The van der Waals surface area contributed by atoms with Gasteiger partial charge in [0, 0.05) is 44.0 Å².